The zero-order valence-corrected chi connectivity index (χ0v) is 6.60. The molecule has 12 heavy (non-hydrogen) atoms. The summed E-state index contributed by atoms with van der Waals surface area (Å²) in [5, 5.41) is 8.26. The van der Waals surface area contributed by atoms with E-state index in [0.29, 0.717) is 19.4 Å². The van der Waals surface area contributed by atoms with Gasteiger partial charge in [-0.3, -0.25) is 4.57 Å². The molecule has 0 N–H and O–H groups in total. The summed E-state index contributed by atoms with van der Waals surface area (Å²) in [6.07, 6.45) is 4.30. The Morgan fingerprint density at radius 1 is 1.67 bits per heavy atom. The lowest BCUT2D eigenvalue weighted by Crippen LogP contribution is -2.21. The molecule has 1 heterocycles. The van der Waals surface area contributed by atoms with Crippen LogP contribution in [0, 0.1) is 11.3 Å². The van der Waals surface area contributed by atoms with Gasteiger partial charge in [-0.15, -0.1) is 0 Å². The molecule has 4 heteroatoms. The molecule has 0 atom stereocenters. The number of aromatic nitrogens is 2. The van der Waals surface area contributed by atoms with E-state index in [1.54, 1.807) is 12.3 Å². The summed E-state index contributed by atoms with van der Waals surface area (Å²) in [5.74, 6) is 0. The van der Waals surface area contributed by atoms with E-state index in [0.717, 1.165) is 0 Å². The number of hydrogen-bond donors (Lipinski definition) is 0. The number of nitriles is 1. The quantitative estimate of drug-likeness (QED) is 0.611. The van der Waals surface area contributed by atoms with Gasteiger partial charge >= 0.3 is 5.69 Å². The van der Waals surface area contributed by atoms with E-state index in [4.69, 9.17) is 5.26 Å². The summed E-state index contributed by atoms with van der Waals surface area (Å²) in [6.45, 7) is 0.570. The number of unbranched alkanes of at least 4 members (excludes halogenated alkanes) is 1. The molecule has 0 aliphatic carbocycles. The molecule has 0 saturated heterocycles. The second-order valence-corrected chi connectivity index (χ2v) is 2.36. The first-order valence-electron chi connectivity index (χ1n) is 3.73. The number of nitrogens with zero attached hydrogens (tertiary/aromatic N) is 3. The van der Waals surface area contributed by atoms with E-state index in [1.807, 2.05) is 6.07 Å². The van der Waals surface area contributed by atoms with Gasteiger partial charge in [-0.1, -0.05) is 0 Å². The third-order valence-corrected chi connectivity index (χ3v) is 1.47. The van der Waals surface area contributed by atoms with Crippen LogP contribution in [0.5, 0.6) is 0 Å². The van der Waals surface area contributed by atoms with Crippen molar-refractivity contribution in [2.24, 2.45) is 0 Å². The average Bonchev–Trinajstić information content (AvgIpc) is 2.09. The van der Waals surface area contributed by atoms with Gasteiger partial charge in [0.1, 0.15) is 0 Å². The van der Waals surface area contributed by atoms with Crippen LogP contribution >= 0.6 is 0 Å². The molecule has 0 spiro atoms. The molecule has 4 nitrogen and oxygen atoms in total. The maximum absolute atomic E-state index is 11.0. The summed E-state index contributed by atoms with van der Waals surface area (Å²) >= 11 is 0. The second-order valence-electron chi connectivity index (χ2n) is 2.36. The van der Waals surface area contributed by atoms with E-state index in [-0.39, 0.29) is 5.69 Å². The third kappa shape index (κ3) is 2.20. The highest BCUT2D eigenvalue weighted by Gasteiger charge is 1.93. The largest absolute Gasteiger partial charge is 0.347 e. The summed E-state index contributed by atoms with van der Waals surface area (Å²) in [4.78, 5) is 14.6. The van der Waals surface area contributed by atoms with Gasteiger partial charge in [-0.05, 0) is 12.5 Å². The molecule has 0 amide bonds. The predicted molar refractivity (Wildman–Crippen MR) is 43.3 cm³/mol. The van der Waals surface area contributed by atoms with Crippen molar-refractivity contribution in [1.82, 2.24) is 9.55 Å². The normalized spacial score (nSPS) is 9.25. The molecule has 1 aromatic rings. The van der Waals surface area contributed by atoms with Crippen LogP contribution in [0.1, 0.15) is 12.8 Å². The van der Waals surface area contributed by atoms with E-state index in [1.165, 1.54) is 10.8 Å². The lowest BCUT2D eigenvalue weighted by Gasteiger charge is -1.99. The van der Waals surface area contributed by atoms with E-state index >= 15 is 0 Å². The molecule has 0 aliphatic rings. The molecule has 0 fully saturated rings. The van der Waals surface area contributed by atoms with Crippen LogP contribution < -0.4 is 5.69 Å². The number of aryl methyl sites for hydroxylation is 1. The van der Waals surface area contributed by atoms with E-state index in [9.17, 15) is 4.79 Å². The van der Waals surface area contributed by atoms with Crippen LogP contribution in [0.15, 0.2) is 23.3 Å². The summed E-state index contributed by atoms with van der Waals surface area (Å²) < 4.78 is 1.50. The van der Waals surface area contributed by atoms with Crippen molar-refractivity contribution in [3.63, 3.8) is 0 Å². The average molecular weight is 163 g/mol. The first-order chi connectivity index (χ1) is 5.84. The Balaban J connectivity index is 2.59. The first-order valence-corrected chi connectivity index (χ1v) is 3.73. The maximum atomic E-state index is 11.0. The molecule has 0 aliphatic heterocycles. The molecule has 62 valence electrons. The molecule has 0 saturated carbocycles. The van der Waals surface area contributed by atoms with E-state index < -0.39 is 0 Å². The fourth-order valence-corrected chi connectivity index (χ4v) is 0.886. The minimum Gasteiger partial charge on any atom is -0.299 e. The lowest BCUT2D eigenvalue weighted by atomic mass is 10.3. The molecule has 0 aromatic carbocycles. The Hall–Kier alpha value is -1.63. The SMILES string of the molecule is N#CCCCn1cccnc1=O. The lowest BCUT2D eigenvalue weighted by molar-refractivity contribution is 0.616. The van der Waals surface area contributed by atoms with Gasteiger partial charge < -0.3 is 0 Å². The van der Waals surface area contributed by atoms with Crippen molar-refractivity contribution in [3.8, 4) is 6.07 Å². The van der Waals surface area contributed by atoms with Crippen molar-refractivity contribution < 1.29 is 0 Å². The molecular weight excluding hydrogens is 154 g/mol. The van der Waals surface area contributed by atoms with Crippen molar-refractivity contribution in [3.05, 3.63) is 28.9 Å². The Bertz CT molecular complexity index is 337. The van der Waals surface area contributed by atoms with Gasteiger partial charge in [0.2, 0.25) is 0 Å². The highest BCUT2D eigenvalue weighted by Crippen LogP contribution is 1.89. The zero-order valence-electron chi connectivity index (χ0n) is 6.60. The standard InChI is InChI=1S/C8H9N3O/c9-4-1-2-6-11-7-3-5-10-8(11)12/h3,5,7H,1-2,6H2. The van der Waals surface area contributed by atoms with Crippen molar-refractivity contribution in [2.75, 3.05) is 0 Å². The van der Waals surface area contributed by atoms with Crippen LogP contribution in [0.4, 0.5) is 0 Å². The predicted octanol–water partition coefficient (Wildman–Crippen LogP) is 0.547. The Morgan fingerprint density at radius 2 is 2.50 bits per heavy atom. The summed E-state index contributed by atoms with van der Waals surface area (Å²) in [6, 6.07) is 3.72. The fourth-order valence-electron chi connectivity index (χ4n) is 0.886. The fraction of sp³-hybridized carbons (Fsp3) is 0.375. The van der Waals surface area contributed by atoms with Crippen LogP contribution in [-0.4, -0.2) is 9.55 Å². The van der Waals surface area contributed by atoms with Gasteiger partial charge in [0.15, 0.2) is 0 Å². The van der Waals surface area contributed by atoms with Crippen LogP contribution in [0.2, 0.25) is 0 Å². The van der Waals surface area contributed by atoms with Crippen LogP contribution in [0.25, 0.3) is 0 Å². The highest BCUT2D eigenvalue weighted by atomic mass is 16.1. The zero-order chi connectivity index (χ0) is 8.81. The van der Waals surface area contributed by atoms with Crippen LogP contribution in [-0.2, 0) is 6.54 Å². The van der Waals surface area contributed by atoms with Gasteiger partial charge in [0.05, 0.1) is 6.07 Å². The summed E-state index contributed by atoms with van der Waals surface area (Å²) in [7, 11) is 0. The smallest absolute Gasteiger partial charge is 0.299 e. The molecule has 0 unspecified atom stereocenters. The molecule has 0 bridgehead atoms. The maximum Gasteiger partial charge on any atom is 0.347 e. The minimum atomic E-state index is -0.254. The molecular formula is C8H9N3O. The monoisotopic (exact) mass is 163 g/mol. The minimum absolute atomic E-state index is 0.254. The third-order valence-electron chi connectivity index (χ3n) is 1.47. The molecule has 0 radical (unpaired) electrons. The molecule has 1 aromatic heterocycles. The Kier molecular flexibility index (Phi) is 3.03. The Labute approximate surface area is 70.1 Å². The molecule has 1 rings (SSSR count). The Morgan fingerprint density at radius 3 is 3.17 bits per heavy atom. The first kappa shape index (κ1) is 8.47. The van der Waals surface area contributed by atoms with Crippen molar-refractivity contribution >= 4 is 0 Å². The van der Waals surface area contributed by atoms with E-state index in [2.05, 4.69) is 4.98 Å². The number of rotatable bonds is 3. The van der Waals surface area contributed by atoms with Gasteiger partial charge in [0.25, 0.3) is 0 Å². The highest BCUT2D eigenvalue weighted by molar-refractivity contribution is 4.81. The number of hydrogen-bond acceptors (Lipinski definition) is 3. The van der Waals surface area contributed by atoms with Crippen LogP contribution in [0.3, 0.4) is 0 Å². The van der Waals surface area contributed by atoms with Gasteiger partial charge in [0, 0.05) is 25.4 Å². The van der Waals surface area contributed by atoms with Gasteiger partial charge in [-0.2, -0.15) is 5.26 Å². The topological polar surface area (TPSA) is 58.7 Å². The van der Waals surface area contributed by atoms with Gasteiger partial charge in [-0.25, -0.2) is 9.78 Å². The summed E-state index contributed by atoms with van der Waals surface area (Å²) in [5.41, 5.74) is -0.254. The van der Waals surface area contributed by atoms with Crippen molar-refractivity contribution in [2.45, 2.75) is 19.4 Å². The van der Waals surface area contributed by atoms with Crippen molar-refractivity contribution in [1.29, 1.82) is 5.26 Å². The second kappa shape index (κ2) is 4.29.